The zero-order chi connectivity index (χ0) is 23.8. The lowest BCUT2D eigenvalue weighted by Gasteiger charge is -2.26. The third kappa shape index (κ3) is 6.64. The molecule has 3 aromatic rings. The predicted molar refractivity (Wildman–Crippen MR) is 133 cm³/mol. The number of halogens is 2. The maximum Gasteiger partial charge on any atom is 0.241 e. The van der Waals surface area contributed by atoms with Gasteiger partial charge in [0.15, 0.2) is 11.5 Å². The summed E-state index contributed by atoms with van der Waals surface area (Å²) in [6, 6.07) is 20.2. The quantitative estimate of drug-likeness (QED) is 0.382. The van der Waals surface area contributed by atoms with Crippen LogP contribution in [0.2, 0.25) is 10.0 Å². The number of carbonyl (C=O) groups excluding carboxylic acids is 1. The van der Waals surface area contributed by atoms with Gasteiger partial charge in [-0.3, -0.25) is 10.1 Å². The molecule has 0 aliphatic carbocycles. The van der Waals surface area contributed by atoms with Gasteiger partial charge in [-0.1, -0.05) is 53.5 Å². The van der Waals surface area contributed by atoms with E-state index in [1.165, 1.54) is 0 Å². The van der Waals surface area contributed by atoms with Crippen LogP contribution in [0.3, 0.4) is 0 Å². The highest BCUT2D eigenvalue weighted by Gasteiger charge is 2.25. The van der Waals surface area contributed by atoms with E-state index in [2.05, 4.69) is 10.6 Å². The van der Waals surface area contributed by atoms with E-state index < -0.39 is 6.04 Å². The van der Waals surface area contributed by atoms with Crippen LogP contribution in [-0.4, -0.2) is 27.2 Å². The summed E-state index contributed by atoms with van der Waals surface area (Å²) in [5, 5.41) is 7.64. The van der Waals surface area contributed by atoms with Crippen LogP contribution in [0.15, 0.2) is 66.7 Å². The average molecular weight is 487 g/mol. The molecule has 3 rings (SSSR count). The fourth-order valence-electron chi connectivity index (χ4n) is 3.70. The van der Waals surface area contributed by atoms with Gasteiger partial charge in [-0.05, 0) is 65.9 Å². The summed E-state index contributed by atoms with van der Waals surface area (Å²) < 4.78 is 10.9. The monoisotopic (exact) mass is 486 g/mol. The van der Waals surface area contributed by atoms with E-state index in [-0.39, 0.29) is 11.9 Å². The van der Waals surface area contributed by atoms with Crippen LogP contribution in [0.1, 0.15) is 35.2 Å². The van der Waals surface area contributed by atoms with Crippen molar-refractivity contribution in [3.05, 3.63) is 93.5 Å². The van der Waals surface area contributed by atoms with Gasteiger partial charge in [-0.2, -0.15) is 0 Å². The summed E-state index contributed by atoms with van der Waals surface area (Å²) in [6.45, 7) is 0. The fraction of sp³-hybridized carbons (Fsp3) is 0.269. The van der Waals surface area contributed by atoms with Crippen molar-refractivity contribution in [1.82, 2.24) is 10.6 Å². The van der Waals surface area contributed by atoms with Crippen LogP contribution in [0.25, 0.3) is 0 Å². The Morgan fingerprint density at radius 1 is 0.848 bits per heavy atom. The number of amides is 1. The van der Waals surface area contributed by atoms with E-state index in [1.54, 1.807) is 33.4 Å². The molecule has 0 unspecified atom stereocenters. The first-order valence-corrected chi connectivity index (χ1v) is 11.4. The van der Waals surface area contributed by atoms with E-state index in [1.807, 2.05) is 54.6 Å². The SMILES string of the molecule is CNC(=O)[C@@H](N[C@@H](CCc1ccc(Cl)cc1)c1ccc(OC)c(OC)c1)c1ccc(Cl)cc1. The van der Waals surface area contributed by atoms with Crippen molar-refractivity contribution in [3.63, 3.8) is 0 Å². The Balaban J connectivity index is 1.94. The van der Waals surface area contributed by atoms with Gasteiger partial charge in [0.05, 0.1) is 14.2 Å². The minimum atomic E-state index is -0.560. The molecule has 2 N–H and O–H groups in total. The second-order valence-electron chi connectivity index (χ2n) is 7.60. The Bertz CT molecular complexity index is 1060. The number of likely N-dealkylation sites (N-methyl/N-ethyl adjacent to an activating group) is 1. The molecule has 174 valence electrons. The van der Waals surface area contributed by atoms with Crippen LogP contribution in [0, 0.1) is 0 Å². The summed E-state index contributed by atoms with van der Waals surface area (Å²) in [5.74, 6) is 1.16. The summed E-state index contributed by atoms with van der Waals surface area (Å²) >= 11 is 12.1. The van der Waals surface area contributed by atoms with Gasteiger partial charge in [0.2, 0.25) is 5.91 Å². The summed E-state index contributed by atoms with van der Waals surface area (Å²) in [7, 11) is 4.85. The Hall–Kier alpha value is -2.73. The van der Waals surface area contributed by atoms with Gasteiger partial charge in [0.25, 0.3) is 0 Å². The first kappa shape index (κ1) is 24.9. The average Bonchev–Trinajstić information content (AvgIpc) is 2.85. The molecular weight excluding hydrogens is 459 g/mol. The molecule has 0 heterocycles. The molecule has 3 aromatic carbocycles. The minimum Gasteiger partial charge on any atom is -0.493 e. The van der Waals surface area contributed by atoms with Gasteiger partial charge < -0.3 is 14.8 Å². The highest BCUT2D eigenvalue weighted by Crippen LogP contribution is 2.33. The molecule has 0 spiro atoms. The number of rotatable bonds is 10. The maximum atomic E-state index is 12.8. The fourth-order valence-corrected chi connectivity index (χ4v) is 3.95. The summed E-state index contributed by atoms with van der Waals surface area (Å²) in [4.78, 5) is 12.8. The van der Waals surface area contributed by atoms with Crippen molar-refractivity contribution in [2.45, 2.75) is 24.9 Å². The van der Waals surface area contributed by atoms with Crippen LogP contribution in [0.5, 0.6) is 11.5 Å². The zero-order valence-electron chi connectivity index (χ0n) is 18.9. The first-order valence-electron chi connectivity index (χ1n) is 10.6. The van der Waals surface area contributed by atoms with E-state index in [0.717, 1.165) is 29.5 Å². The predicted octanol–water partition coefficient (Wildman–Crippen LogP) is 5.76. The highest BCUT2D eigenvalue weighted by atomic mass is 35.5. The Kier molecular flexibility index (Phi) is 9.01. The Labute approximate surface area is 205 Å². The van der Waals surface area contributed by atoms with Crippen molar-refractivity contribution >= 4 is 29.1 Å². The molecule has 0 aliphatic heterocycles. The molecule has 0 bridgehead atoms. The number of ether oxygens (including phenoxy) is 2. The van der Waals surface area contributed by atoms with Crippen molar-refractivity contribution in [2.75, 3.05) is 21.3 Å². The second kappa shape index (κ2) is 11.9. The molecule has 1 amide bonds. The van der Waals surface area contributed by atoms with Crippen LogP contribution in [-0.2, 0) is 11.2 Å². The maximum absolute atomic E-state index is 12.8. The number of aryl methyl sites for hydroxylation is 1. The molecule has 7 heteroatoms. The smallest absolute Gasteiger partial charge is 0.241 e. The normalized spacial score (nSPS) is 12.6. The second-order valence-corrected chi connectivity index (χ2v) is 8.47. The van der Waals surface area contributed by atoms with Crippen molar-refractivity contribution in [3.8, 4) is 11.5 Å². The van der Waals surface area contributed by atoms with Gasteiger partial charge in [0.1, 0.15) is 6.04 Å². The number of hydrogen-bond donors (Lipinski definition) is 2. The molecule has 0 aliphatic rings. The largest absolute Gasteiger partial charge is 0.493 e. The molecule has 5 nitrogen and oxygen atoms in total. The topological polar surface area (TPSA) is 59.6 Å². The van der Waals surface area contributed by atoms with E-state index >= 15 is 0 Å². The number of nitrogens with one attached hydrogen (secondary N) is 2. The van der Waals surface area contributed by atoms with Crippen LogP contribution >= 0.6 is 23.2 Å². The number of carbonyl (C=O) groups is 1. The number of methoxy groups -OCH3 is 2. The zero-order valence-corrected chi connectivity index (χ0v) is 20.4. The van der Waals surface area contributed by atoms with Gasteiger partial charge >= 0.3 is 0 Å². The number of hydrogen-bond acceptors (Lipinski definition) is 4. The minimum absolute atomic E-state index is 0.130. The molecule has 0 radical (unpaired) electrons. The highest BCUT2D eigenvalue weighted by molar-refractivity contribution is 6.30. The molecule has 0 saturated heterocycles. The molecule has 0 aromatic heterocycles. The number of benzene rings is 3. The lowest BCUT2D eigenvalue weighted by atomic mass is 9.96. The van der Waals surface area contributed by atoms with Crippen molar-refractivity contribution in [1.29, 1.82) is 0 Å². The Morgan fingerprint density at radius 3 is 2.00 bits per heavy atom. The van der Waals surface area contributed by atoms with Crippen molar-refractivity contribution in [2.24, 2.45) is 0 Å². The van der Waals surface area contributed by atoms with Crippen LogP contribution < -0.4 is 20.1 Å². The van der Waals surface area contributed by atoms with E-state index in [0.29, 0.717) is 21.5 Å². The Morgan fingerprint density at radius 2 is 1.42 bits per heavy atom. The molecule has 2 atom stereocenters. The van der Waals surface area contributed by atoms with E-state index in [9.17, 15) is 4.79 Å². The molecule has 33 heavy (non-hydrogen) atoms. The van der Waals surface area contributed by atoms with Gasteiger partial charge in [-0.15, -0.1) is 0 Å². The molecular formula is C26H28Cl2N2O3. The van der Waals surface area contributed by atoms with E-state index in [4.69, 9.17) is 32.7 Å². The van der Waals surface area contributed by atoms with Gasteiger partial charge in [-0.25, -0.2) is 0 Å². The molecule has 0 saturated carbocycles. The summed E-state index contributed by atoms with van der Waals surface area (Å²) in [6.07, 6.45) is 1.54. The van der Waals surface area contributed by atoms with Gasteiger partial charge in [0, 0.05) is 23.1 Å². The summed E-state index contributed by atoms with van der Waals surface area (Å²) in [5.41, 5.74) is 2.98. The lowest BCUT2D eigenvalue weighted by molar-refractivity contribution is -0.123. The van der Waals surface area contributed by atoms with Crippen molar-refractivity contribution < 1.29 is 14.3 Å². The standard InChI is InChI=1S/C26H28Cl2N2O3/c1-29-26(31)25(18-7-12-21(28)13-8-18)30-22(14-6-17-4-10-20(27)11-5-17)19-9-15-23(32-2)24(16-19)33-3/h4-5,7-13,15-16,22,25,30H,6,14H2,1-3H3,(H,29,31)/t22-,25-/m0/s1. The third-order valence-corrected chi connectivity index (χ3v) is 6.03. The molecule has 0 fully saturated rings. The lowest BCUT2D eigenvalue weighted by Crippen LogP contribution is -2.38. The van der Waals surface area contributed by atoms with Crippen LogP contribution in [0.4, 0.5) is 0 Å². The third-order valence-electron chi connectivity index (χ3n) is 5.52. The first-order chi connectivity index (χ1) is 15.9.